The molecular formula is C17H24ClN3OS. The molecule has 0 saturated heterocycles. The average molecular weight is 354 g/mol. The SMILES string of the molecule is CCC(CC)(CN)NC(=O)c1csc(-c2ccccc2C)n1.Cl. The Bertz CT molecular complexity index is 645. The molecular weight excluding hydrogens is 330 g/mol. The summed E-state index contributed by atoms with van der Waals surface area (Å²) in [6, 6.07) is 8.05. The molecule has 0 spiro atoms. The molecule has 126 valence electrons. The number of nitrogens with zero attached hydrogens (tertiary/aromatic N) is 1. The van der Waals surface area contributed by atoms with Crippen molar-refractivity contribution >= 4 is 29.7 Å². The molecule has 0 unspecified atom stereocenters. The van der Waals surface area contributed by atoms with Crippen molar-refractivity contribution in [1.29, 1.82) is 0 Å². The van der Waals surface area contributed by atoms with Crippen LogP contribution >= 0.6 is 23.7 Å². The lowest BCUT2D eigenvalue weighted by molar-refractivity contribution is 0.0891. The molecule has 1 aromatic carbocycles. The van der Waals surface area contributed by atoms with Crippen molar-refractivity contribution in [2.24, 2.45) is 5.73 Å². The Kier molecular flexibility index (Phi) is 7.19. The van der Waals surface area contributed by atoms with Crippen molar-refractivity contribution in [2.45, 2.75) is 39.2 Å². The molecule has 2 rings (SSSR count). The molecule has 0 atom stereocenters. The van der Waals surface area contributed by atoms with E-state index in [4.69, 9.17) is 5.73 Å². The predicted octanol–water partition coefficient (Wildman–Crippen LogP) is 3.79. The molecule has 0 saturated carbocycles. The number of aryl methyl sites for hydroxylation is 1. The van der Waals surface area contributed by atoms with Crippen molar-refractivity contribution < 1.29 is 4.79 Å². The van der Waals surface area contributed by atoms with Gasteiger partial charge in [-0.15, -0.1) is 23.7 Å². The number of carbonyl (C=O) groups excluding carboxylic acids is 1. The molecule has 2 aromatic rings. The minimum Gasteiger partial charge on any atom is -0.344 e. The van der Waals surface area contributed by atoms with Gasteiger partial charge in [0.05, 0.1) is 5.54 Å². The van der Waals surface area contributed by atoms with Crippen LogP contribution in [0.2, 0.25) is 0 Å². The van der Waals surface area contributed by atoms with Crippen LogP contribution < -0.4 is 11.1 Å². The van der Waals surface area contributed by atoms with Crippen LogP contribution in [0.3, 0.4) is 0 Å². The Hall–Kier alpha value is -1.43. The summed E-state index contributed by atoms with van der Waals surface area (Å²) in [4.78, 5) is 16.9. The number of nitrogens with two attached hydrogens (primary N) is 1. The summed E-state index contributed by atoms with van der Waals surface area (Å²) in [6.07, 6.45) is 1.61. The standard InChI is InChI=1S/C17H23N3OS.ClH/c1-4-17(5-2,11-18)20-15(21)14-10-22-16(19-14)13-9-7-6-8-12(13)3;/h6-10H,4-5,11,18H2,1-3H3,(H,20,21);1H. The van der Waals surface area contributed by atoms with Crippen LogP contribution in [-0.4, -0.2) is 23.0 Å². The van der Waals surface area contributed by atoms with Crippen LogP contribution in [0.1, 0.15) is 42.7 Å². The molecule has 6 heteroatoms. The van der Waals surface area contributed by atoms with Crippen molar-refractivity contribution in [1.82, 2.24) is 10.3 Å². The average Bonchev–Trinajstić information content (AvgIpc) is 3.03. The fourth-order valence-corrected chi connectivity index (χ4v) is 3.28. The Balaban J connectivity index is 0.00000264. The Morgan fingerprint density at radius 2 is 1.96 bits per heavy atom. The summed E-state index contributed by atoms with van der Waals surface area (Å²) in [6.45, 7) is 6.55. The van der Waals surface area contributed by atoms with E-state index in [0.717, 1.165) is 29.0 Å². The normalized spacial score (nSPS) is 11.0. The van der Waals surface area contributed by atoms with Crippen molar-refractivity contribution in [2.75, 3.05) is 6.54 Å². The smallest absolute Gasteiger partial charge is 0.271 e. The van der Waals surface area contributed by atoms with E-state index in [9.17, 15) is 4.79 Å². The maximum atomic E-state index is 12.4. The fourth-order valence-electron chi connectivity index (χ4n) is 2.39. The molecule has 0 aliphatic rings. The van der Waals surface area contributed by atoms with Gasteiger partial charge in [0.2, 0.25) is 0 Å². The lowest BCUT2D eigenvalue weighted by atomic mass is 9.93. The van der Waals surface area contributed by atoms with E-state index in [1.807, 2.05) is 50.4 Å². The first-order valence-electron chi connectivity index (χ1n) is 7.59. The zero-order valence-corrected chi connectivity index (χ0v) is 15.4. The predicted molar refractivity (Wildman–Crippen MR) is 99.4 cm³/mol. The van der Waals surface area contributed by atoms with Gasteiger partial charge in [-0.2, -0.15) is 0 Å². The maximum absolute atomic E-state index is 12.4. The zero-order valence-electron chi connectivity index (χ0n) is 13.8. The summed E-state index contributed by atoms with van der Waals surface area (Å²) < 4.78 is 0. The van der Waals surface area contributed by atoms with Gasteiger partial charge in [0.15, 0.2) is 0 Å². The third kappa shape index (κ3) is 4.31. The van der Waals surface area contributed by atoms with Crippen LogP contribution in [0.25, 0.3) is 10.6 Å². The van der Waals surface area contributed by atoms with Gasteiger partial charge >= 0.3 is 0 Å². The van der Waals surface area contributed by atoms with Crippen molar-refractivity contribution in [3.63, 3.8) is 0 Å². The number of rotatable bonds is 6. The van der Waals surface area contributed by atoms with E-state index in [-0.39, 0.29) is 23.9 Å². The molecule has 3 N–H and O–H groups in total. The molecule has 0 aliphatic heterocycles. The van der Waals surface area contributed by atoms with Crippen molar-refractivity contribution in [3.8, 4) is 10.6 Å². The highest BCUT2D eigenvalue weighted by Gasteiger charge is 2.27. The van der Waals surface area contributed by atoms with Gasteiger partial charge in [0.1, 0.15) is 10.7 Å². The highest BCUT2D eigenvalue weighted by Crippen LogP contribution is 2.26. The lowest BCUT2D eigenvalue weighted by Crippen LogP contribution is -2.52. The monoisotopic (exact) mass is 353 g/mol. The van der Waals surface area contributed by atoms with Gasteiger partial charge in [0.25, 0.3) is 5.91 Å². The second-order valence-electron chi connectivity index (χ2n) is 5.50. The van der Waals surface area contributed by atoms with Crippen LogP contribution in [0.4, 0.5) is 0 Å². The molecule has 4 nitrogen and oxygen atoms in total. The van der Waals surface area contributed by atoms with Gasteiger partial charge in [-0.1, -0.05) is 38.1 Å². The number of nitrogens with one attached hydrogen (secondary N) is 1. The van der Waals surface area contributed by atoms with Gasteiger partial charge < -0.3 is 11.1 Å². The highest BCUT2D eigenvalue weighted by atomic mass is 35.5. The first-order valence-corrected chi connectivity index (χ1v) is 8.47. The summed E-state index contributed by atoms with van der Waals surface area (Å²) in [7, 11) is 0. The van der Waals surface area contributed by atoms with E-state index >= 15 is 0 Å². The van der Waals surface area contributed by atoms with E-state index in [2.05, 4.69) is 10.3 Å². The Labute approximate surface area is 147 Å². The highest BCUT2D eigenvalue weighted by molar-refractivity contribution is 7.13. The second kappa shape index (κ2) is 8.43. The van der Waals surface area contributed by atoms with Crippen LogP contribution in [0.15, 0.2) is 29.6 Å². The second-order valence-corrected chi connectivity index (χ2v) is 6.36. The van der Waals surface area contributed by atoms with E-state index < -0.39 is 0 Å². The van der Waals surface area contributed by atoms with Gasteiger partial charge in [-0.25, -0.2) is 4.98 Å². The molecule has 1 heterocycles. The molecule has 0 fully saturated rings. The molecule has 1 amide bonds. The van der Waals surface area contributed by atoms with E-state index in [0.29, 0.717) is 12.2 Å². The van der Waals surface area contributed by atoms with E-state index in [1.165, 1.54) is 11.3 Å². The minimum atomic E-state index is -0.344. The quantitative estimate of drug-likeness (QED) is 0.830. The topological polar surface area (TPSA) is 68.0 Å². The maximum Gasteiger partial charge on any atom is 0.271 e. The van der Waals surface area contributed by atoms with Gasteiger partial charge in [-0.3, -0.25) is 4.79 Å². The first kappa shape index (κ1) is 19.6. The number of amides is 1. The van der Waals surface area contributed by atoms with Gasteiger partial charge in [-0.05, 0) is 25.3 Å². The molecule has 0 bridgehead atoms. The van der Waals surface area contributed by atoms with Crippen LogP contribution in [-0.2, 0) is 0 Å². The first-order chi connectivity index (χ1) is 10.5. The van der Waals surface area contributed by atoms with E-state index in [1.54, 1.807) is 0 Å². The van der Waals surface area contributed by atoms with Crippen LogP contribution in [0.5, 0.6) is 0 Å². The summed E-state index contributed by atoms with van der Waals surface area (Å²) >= 11 is 1.49. The summed E-state index contributed by atoms with van der Waals surface area (Å²) in [5.74, 6) is -0.148. The third-order valence-corrected chi connectivity index (χ3v) is 5.11. The number of halogens is 1. The third-order valence-electron chi connectivity index (χ3n) is 4.24. The minimum absolute atomic E-state index is 0. The largest absolute Gasteiger partial charge is 0.344 e. The molecule has 0 aliphatic carbocycles. The Morgan fingerprint density at radius 1 is 1.30 bits per heavy atom. The Morgan fingerprint density at radius 3 is 2.52 bits per heavy atom. The number of carbonyl (C=O) groups is 1. The lowest BCUT2D eigenvalue weighted by Gasteiger charge is -2.31. The number of hydrogen-bond donors (Lipinski definition) is 2. The molecule has 23 heavy (non-hydrogen) atoms. The summed E-state index contributed by atoms with van der Waals surface area (Å²) in [5.41, 5.74) is 8.18. The van der Waals surface area contributed by atoms with Gasteiger partial charge in [0, 0.05) is 17.5 Å². The fraction of sp³-hybridized carbons (Fsp3) is 0.412. The zero-order chi connectivity index (χ0) is 16.2. The number of hydrogen-bond acceptors (Lipinski definition) is 4. The number of aromatic nitrogens is 1. The number of thiazole rings is 1. The molecule has 1 aromatic heterocycles. The summed E-state index contributed by atoms with van der Waals surface area (Å²) in [5, 5.41) is 5.73. The molecule has 0 radical (unpaired) electrons. The van der Waals surface area contributed by atoms with Crippen molar-refractivity contribution in [3.05, 3.63) is 40.9 Å². The number of benzene rings is 1. The van der Waals surface area contributed by atoms with Crippen LogP contribution in [0, 0.1) is 6.92 Å².